The first kappa shape index (κ1) is 19.1. The predicted molar refractivity (Wildman–Crippen MR) is 90.4 cm³/mol. The number of hydrogen-bond acceptors (Lipinski definition) is 6. The molecule has 0 unspecified atom stereocenters. The molecule has 1 heterocycles. The van der Waals surface area contributed by atoms with Crippen LogP contribution < -0.4 is 10.1 Å². The Morgan fingerprint density at radius 2 is 2.08 bits per heavy atom. The van der Waals surface area contributed by atoms with Crippen molar-refractivity contribution in [1.82, 2.24) is 5.32 Å². The smallest absolute Gasteiger partial charge is 0.303 e. The number of nitrogens with one attached hydrogen (secondary N) is 1. The Labute approximate surface area is 148 Å². The minimum absolute atomic E-state index is 0.107. The second kappa shape index (κ2) is 8.75. The number of amides is 2. The summed E-state index contributed by atoms with van der Waals surface area (Å²) in [6.45, 7) is 0.340. The van der Waals surface area contributed by atoms with Gasteiger partial charge in [0.1, 0.15) is 5.75 Å². The highest BCUT2D eigenvalue weighted by Gasteiger charge is 2.25. The summed E-state index contributed by atoms with van der Waals surface area (Å²) < 4.78 is 5.53. The summed E-state index contributed by atoms with van der Waals surface area (Å²) in [5.74, 6) is -1.45. The number of carbonyl (C=O) groups is 3. The van der Waals surface area contributed by atoms with Crippen LogP contribution in [0, 0.1) is 10.1 Å². The van der Waals surface area contributed by atoms with Gasteiger partial charge < -0.3 is 9.84 Å². The molecule has 0 bridgehead atoms. The number of nitro benzene ring substituents is 1. The lowest BCUT2D eigenvalue weighted by atomic mass is 10.1. The minimum atomic E-state index is -0.839. The number of hydrogen-bond donors (Lipinski definition) is 2. The third kappa shape index (κ3) is 5.40. The predicted octanol–water partition coefficient (Wildman–Crippen LogP) is 2.05. The van der Waals surface area contributed by atoms with Gasteiger partial charge in [-0.05, 0) is 37.5 Å². The average molecular weight is 362 g/mol. The molecule has 1 aromatic rings. The number of nitro groups is 1. The lowest BCUT2D eigenvalue weighted by Crippen LogP contribution is -2.19. The van der Waals surface area contributed by atoms with E-state index in [4.69, 9.17) is 9.84 Å². The molecule has 0 aliphatic carbocycles. The molecule has 0 atom stereocenters. The van der Waals surface area contributed by atoms with Crippen LogP contribution in [-0.4, -0.2) is 34.4 Å². The van der Waals surface area contributed by atoms with Crippen LogP contribution >= 0.6 is 0 Å². The fourth-order valence-electron chi connectivity index (χ4n) is 2.46. The lowest BCUT2D eigenvalue weighted by molar-refractivity contribution is -0.385. The molecule has 0 spiro atoms. The number of unbranched alkanes of at least 4 members (excludes halogenated alkanes) is 2. The van der Waals surface area contributed by atoms with Crippen LogP contribution in [0.2, 0.25) is 0 Å². The highest BCUT2D eigenvalue weighted by molar-refractivity contribution is 6.15. The van der Waals surface area contributed by atoms with E-state index in [2.05, 4.69) is 5.32 Å². The molecule has 26 heavy (non-hydrogen) atoms. The first-order valence-corrected chi connectivity index (χ1v) is 8.04. The molecule has 1 fully saturated rings. The fraction of sp³-hybridized carbons (Fsp3) is 0.353. The number of imide groups is 1. The van der Waals surface area contributed by atoms with Crippen LogP contribution in [0.4, 0.5) is 5.69 Å². The van der Waals surface area contributed by atoms with Crippen molar-refractivity contribution < 1.29 is 29.2 Å². The first-order valence-electron chi connectivity index (χ1n) is 8.04. The van der Waals surface area contributed by atoms with E-state index < -0.39 is 22.7 Å². The molecule has 2 amide bonds. The highest BCUT2D eigenvalue weighted by atomic mass is 16.6. The van der Waals surface area contributed by atoms with Crippen LogP contribution in [0.1, 0.15) is 37.7 Å². The molecular formula is C17H18N2O7. The van der Waals surface area contributed by atoms with Gasteiger partial charge in [0.05, 0.1) is 23.5 Å². The molecule has 1 aliphatic heterocycles. The fourth-order valence-corrected chi connectivity index (χ4v) is 2.46. The number of ether oxygens (including phenoxy) is 1. The second-order valence-electron chi connectivity index (χ2n) is 5.75. The second-order valence-corrected chi connectivity index (χ2v) is 5.75. The molecule has 9 nitrogen and oxygen atoms in total. The van der Waals surface area contributed by atoms with Crippen molar-refractivity contribution >= 4 is 29.5 Å². The maximum Gasteiger partial charge on any atom is 0.303 e. The summed E-state index contributed by atoms with van der Waals surface area (Å²) in [5.41, 5.74) is 0.139. The SMILES string of the molecule is O=C(O)CCCCCOc1ccc([N+](=O)[O-])c(C=C2CC(=O)NC2=O)c1. The molecule has 0 aromatic heterocycles. The van der Waals surface area contributed by atoms with Gasteiger partial charge in [-0.15, -0.1) is 0 Å². The van der Waals surface area contributed by atoms with E-state index in [9.17, 15) is 24.5 Å². The average Bonchev–Trinajstić information content (AvgIpc) is 2.88. The molecular weight excluding hydrogens is 344 g/mol. The van der Waals surface area contributed by atoms with Gasteiger partial charge >= 0.3 is 5.97 Å². The molecule has 1 saturated heterocycles. The summed E-state index contributed by atoms with van der Waals surface area (Å²) in [6, 6.07) is 4.18. The summed E-state index contributed by atoms with van der Waals surface area (Å²) in [6.07, 6.45) is 3.20. The number of carbonyl (C=O) groups excluding carboxylic acids is 2. The number of benzene rings is 1. The van der Waals surface area contributed by atoms with E-state index in [0.717, 1.165) is 0 Å². The van der Waals surface area contributed by atoms with Crippen molar-refractivity contribution in [3.8, 4) is 5.75 Å². The van der Waals surface area contributed by atoms with E-state index in [1.807, 2.05) is 0 Å². The minimum Gasteiger partial charge on any atom is -0.494 e. The molecule has 1 aliphatic rings. The number of carboxylic acid groups (broad SMARTS) is 1. The van der Waals surface area contributed by atoms with Crippen molar-refractivity contribution in [3.05, 3.63) is 39.4 Å². The Balaban J connectivity index is 2.05. The van der Waals surface area contributed by atoms with Gasteiger partial charge in [-0.25, -0.2) is 0 Å². The molecule has 0 saturated carbocycles. The molecule has 9 heteroatoms. The van der Waals surface area contributed by atoms with Crippen molar-refractivity contribution in [2.24, 2.45) is 0 Å². The maximum atomic E-state index is 11.6. The van der Waals surface area contributed by atoms with Crippen LogP contribution in [0.3, 0.4) is 0 Å². The Hall–Kier alpha value is -3.23. The Morgan fingerprint density at radius 3 is 2.69 bits per heavy atom. The standard InChI is InChI=1S/C17H18N2O7/c20-15-10-12(17(23)18-15)8-11-9-13(5-6-14(11)19(24)25)26-7-3-1-2-4-16(21)22/h5-6,8-9H,1-4,7,10H2,(H,21,22)(H,18,20,23). The monoisotopic (exact) mass is 362 g/mol. The number of nitrogens with zero attached hydrogens (tertiary/aromatic N) is 1. The lowest BCUT2D eigenvalue weighted by Gasteiger charge is -2.07. The van der Waals surface area contributed by atoms with Crippen molar-refractivity contribution in [1.29, 1.82) is 0 Å². The number of aliphatic carboxylic acids is 1. The maximum absolute atomic E-state index is 11.6. The van der Waals surface area contributed by atoms with Gasteiger partial charge in [-0.3, -0.25) is 29.8 Å². The van der Waals surface area contributed by atoms with Gasteiger partial charge in [0.2, 0.25) is 5.91 Å². The summed E-state index contributed by atoms with van der Waals surface area (Å²) >= 11 is 0. The Morgan fingerprint density at radius 1 is 1.31 bits per heavy atom. The number of carboxylic acids is 1. The van der Waals surface area contributed by atoms with Gasteiger partial charge in [-0.2, -0.15) is 0 Å². The topological polar surface area (TPSA) is 136 Å². The van der Waals surface area contributed by atoms with E-state index >= 15 is 0 Å². The quantitative estimate of drug-likeness (QED) is 0.225. The zero-order valence-electron chi connectivity index (χ0n) is 13.9. The molecule has 2 rings (SSSR count). The van der Waals surface area contributed by atoms with E-state index in [1.54, 1.807) is 0 Å². The zero-order valence-corrected chi connectivity index (χ0v) is 13.9. The Bertz CT molecular complexity index is 770. The van der Waals surface area contributed by atoms with Crippen molar-refractivity contribution in [2.75, 3.05) is 6.61 Å². The summed E-state index contributed by atoms with van der Waals surface area (Å²) in [7, 11) is 0. The summed E-state index contributed by atoms with van der Waals surface area (Å²) in [5, 5.41) is 21.8. The van der Waals surface area contributed by atoms with Crippen LogP contribution in [-0.2, 0) is 14.4 Å². The third-order valence-electron chi connectivity index (χ3n) is 3.72. The molecule has 0 radical (unpaired) electrons. The number of rotatable bonds is 9. The highest BCUT2D eigenvalue weighted by Crippen LogP contribution is 2.28. The van der Waals surface area contributed by atoms with Crippen molar-refractivity contribution in [3.63, 3.8) is 0 Å². The van der Waals surface area contributed by atoms with Gasteiger partial charge in [0, 0.05) is 18.1 Å². The third-order valence-corrected chi connectivity index (χ3v) is 3.72. The molecule has 138 valence electrons. The molecule has 1 aromatic carbocycles. The Kier molecular flexibility index (Phi) is 6.42. The summed E-state index contributed by atoms with van der Waals surface area (Å²) in [4.78, 5) is 43.9. The largest absolute Gasteiger partial charge is 0.494 e. The van der Waals surface area contributed by atoms with Gasteiger partial charge in [0.15, 0.2) is 0 Å². The van der Waals surface area contributed by atoms with E-state index in [1.165, 1.54) is 24.3 Å². The first-order chi connectivity index (χ1) is 12.4. The van der Waals surface area contributed by atoms with Crippen LogP contribution in [0.25, 0.3) is 6.08 Å². The van der Waals surface area contributed by atoms with Gasteiger partial charge in [-0.1, -0.05) is 0 Å². The zero-order chi connectivity index (χ0) is 19.1. The molecule has 2 N–H and O–H groups in total. The normalized spacial score (nSPS) is 15.2. The van der Waals surface area contributed by atoms with E-state index in [-0.39, 0.29) is 29.7 Å². The van der Waals surface area contributed by atoms with Gasteiger partial charge in [0.25, 0.3) is 11.6 Å². The van der Waals surface area contributed by atoms with Crippen LogP contribution in [0.5, 0.6) is 5.75 Å². The van der Waals surface area contributed by atoms with E-state index in [0.29, 0.717) is 31.6 Å². The van der Waals surface area contributed by atoms with Crippen molar-refractivity contribution in [2.45, 2.75) is 32.1 Å². The van der Waals surface area contributed by atoms with Crippen LogP contribution in [0.15, 0.2) is 23.8 Å².